The zero-order valence-corrected chi connectivity index (χ0v) is 19.5. The fraction of sp³-hybridized carbons (Fsp3) is 0.130. The fourth-order valence-corrected chi connectivity index (χ4v) is 4.90. The number of benzene rings is 3. The standard InChI is InChI=1S/C23H19ClN2O6S/c1-30-16-9-6-10-17(31-2)20(16)21-19(22(26-25-21)23(27)32-3)15-11-12-18(33(24,28)29)14-8-5-4-7-13(14)15/h4-12H,1-3H3,(H,25,26). The monoisotopic (exact) mass is 486 g/mol. The predicted octanol–water partition coefficient (Wildman–Crippen LogP) is 4.63. The largest absolute Gasteiger partial charge is 0.496 e. The number of hydrogen-bond donors (Lipinski definition) is 1. The van der Waals surface area contributed by atoms with Crippen molar-refractivity contribution in [2.75, 3.05) is 21.3 Å². The lowest BCUT2D eigenvalue weighted by Gasteiger charge is -2.15. The van der Waals surface area contributed by atoms with Gasteiger partial charge in [-0.15, -0.1) is 0 Å². The number of ether oxygens (including phenoxy) is 3. The summed E-state index contributed by atoms with van der Waals surface area (Å²) in [5.74, 6) is 0.305. The smallest absolute Gasteiger partial charge is 0.359 e. The van der Waals surface area contributed by atoms with Gasteiger partial charge < -0.3 is 14.2 Å². The van der Waals surface area contributed by atoms with E-state index in [1.54, 1.807) is 48.5 Å². The number of methoxy groups -OCH3 is 3. The molecule has 4 rings (SSSR count). The van der Waals surface area contributed by atoms with Crippen LogP contribution in [0.2, 0.25) is 0 Å². The second-order valence-corrected chi connectivity index (χ2v) is 9.48. The van der Waals surface area contributed by atoms with E-state index in [2.05, 4.69) is 10.2 Å². The normalized spacial score (nSPS) is 11.4. The highest BCUT2D eigenvalue weighted by atomic mass is 35.7. The molecule has 0 radical (unpaired) electrons. The first-order chi connectivity index (χ1) is 15.8. The van der Waals surface area contributed by atoms with Crippen LogP contribution in [0, 0.1) is 0 Å². The second kappa shape index (κ2) is 8.76. The van der Waals surface area contributed by atoms with Gasteiger partial charge in [-0.1, -0.05) is 36.4 Å². The molecule has 10 heteroatoms. The van der Waals surface area contributed by atoms with Crippen LogP contribution < -0.4 is 9.47 Å². The number of nitrogens with zero attached hydrogens (tertiary/aromatic N) is 1. The van der Waals surface area contributed by atoms with Gasteiger partial charge in [-0.25, -0.2) is 13.2 Å². The molecule has 8 nitrogen and oxygen atoms in total. The van der Waals surface area contributed by atoms with Gasteiger partial charge in [-0.05, 0) is 29.1 Å². The molecule has 0 saturated carbocycles. The summed E-state index contributed by atoms with van der Waals surface area (Å²) in [6.45, 7) is 0. The van der Waals surface area contributed by atoms with Gasteiger partial charge in [0, 0.05) is 21.6 Å². The van der Waals surface area contributed by atoms with Crippen LogP contribution in [0.25, 0.3) is 33.2 Å². The molecule has 0 spiro atoms. The second-order valence-electron chi connectivity index (χ2n) is 6.95. The number of esters is 1. The van der Waals surface area contributed by atoms with Crippen molar-refractivity contribution in [1.82, 2.24) is 10.2 Å². The number of nitrogens with one attached hydrogen (secondary N) is 1. The van der Waals surface area contributed by atoms with E-state index in [4.69, 9.17) is 24.9 Å². The molecular weight excluding hydrogens is 468 g/mol. The first-order valence-electron chi connectivity index (χ1n) is 9.66. The molecule has 0 atom stereocenters. The zero-order chi connectivity index (χ0) is 23.8. The molecule has 170 valence electrons. The van der Waals surface area contributed by atoms with E-state index >= 15 is 0 Å². The third-order valence-corrected chi connectivity index (χ3v) is 6.62. The minimum absolute atomic E-state index is 0.0205. The molecule has 3 aromatic carbocycles. The Morgan fingerprint density at radius 1 is 0.879 bits per heavy atom. The molecule has 4 aromatic rings. The highest BCUT2D eigenvalue weighted by Crippen LogP contribution is 2.45. The number of aromatic amines is 1. The number of fused-ring (bicyclic) bond motifs is 1. The molecule has 0 fully saturated rings. The number of H-pyrrole nitrogens is 1. The molecule has 0 aliphatic rings. The topological polar surface area (TPSA) is 108 Å². The maximum atomic E-state index is 12.6. The van der Waals surface area contributed by atoms with E-state index in [0.29, 0.717) is 44.7 Å². The van der Waals surface area contributed by atoms with E-state index < -0.39 is 15.0 Å². The van der Waals surface area contributed by atoms with Gasteiger partial charge in [0.15, 0.2) is 5.69 Å². The number of rotatable bonds is 6. The van der Waals surface area contributed by atoms with Gasteiger partial charge in [-0.2, -0.15) is 5.10 Å². The molecule has 33 heavy (non-hydrogen) atoms. The summed E-state index contributed by atoms with van der Waals surface area (Å²) in [7, 11) is 5.95. The van der Waals surface area contributed by atoms with Gasteiger partial charge in [0.1, 0.15) is 11.5 Å². The Morgan fingerprint density at radius 3 is 2.09 bits per heavy atom. The molecule has 0 aliphatic carbocycles. The lowest BCUT2D eigenvalue weighted by atomic mass is 9.93. The fourth-order valence-electron chi connectivity index (χ4n) is 3.83. The van der Waals surface area contributed by atoms with Crippen LogP contribution in [0.1, 0.15) is 10.5 Å². The highest BCUT2D eigenvalue weighted by Gasteiger charge is 2.28. The van der Waals surface area contributed by atoms with Crippen LogP contribution in [-0.2, 0) is 13.8 Å². The van der Waals surface area contributed by atoms with E-state index in [1.807, 2.05) is 0 Å². The first-order valence-corrected chi connectivity index (χ1v) is 12.0. The lowest BCUT2D eigenvalue weighted by Crippen LogP contribution is -2.04. The third-order valence-electron chi connectivity index (χ3n) is 5.24. The Kier molecular flexibility index (Phi) is 6.01. The number of halogens is 1. The molecule has 1 heterocycles. The maximum absolute atomic E-state index is 12.6. The summed E-state index contributed by atoms with van der Waals surface area (Å²) >= 11 is 0. The third kappa shape index (κ3) is 3.90. The zero-order valence-electron chi connectivity index (χ0n) is 17.9. The van der Waals surface area contributed by atoms with Gasteiger partial charge in [0.2, 0.25) is 0 Å². The Balaban J connectivity index is 2.14. The van der Waals surface area contributed by atoms with E-state index in [9.17, 15) is 13.2 Å². The predicted molar refractivity (Wildman–Crippen MR) is 124 cm³/mol. The summed E-state index contributed by atoms with van der Waals surface area (Å²) in [6.07, 6.45) is 0. The summed E-state index contributed by atoms with van der Waals surface area (Å²) in [4.78, 5) is 12.6. The minimum Gasteiger partial charge on any atom is -0.496 e. The number of aromatic nitrogens is 2. The van der Waals surface area contributed by atoms with Crippen LogP contribution in [0.5, 0.6) is 11.5 Å². The maximum Gasteiger partial charge on any atom is 0.359 e. The average molecular weight is 487 g/mol. The summed E-state index contributed by atoms with van der Waals surface area (Å²) < 4.78 is 40.4. The van der Waals surface area contributed by atoms with E-state index in [0.717, 1.165) is 0 Å². The lowest BCUT2D eigenvalue weighted by molar-refractivity contribution is 0.0595. The molecule has 0 aliphatic heterocycles. The average Bonchev–Trinajstić information content (AvgIpc) is 3.25. The molecule has 1 aromatic heterocycles. The molecule has 0 amide bonds. The van der Waals surface area contributed by atoms with Gasteiger partial charge >= 0.3 is 5.97 Å². The number of hydrogen-bond acceptors (Lipinski definition) is 7. The Hall–Kier alpha value is -3.56. The van der Waals surface area contributed by atoms with Crippen LogP contribution in [0.3, 0.4) is 0 Å². The van der Waals surface area contributed by atoms with Gasteiger partial charge in [0.25, 0.3) is 9.05 Å². The van der Waals surface area contributed by atoms with Gasteiger partial charge in [0.05, 0.1) is 37.5 Å². The summed E-state index contributed by atoms with van der Waals surface area (Å²) in [5, 5.41) is 8.08. The van der Waals surface area contributed by atoms with Crippen molar-refractivity contribution in [3.05, 3.63) is 60.3 Å². The van der Waals surface area contributed by atoms with Crippen molar-refractivity contribution < 1.29 is 27.4 Å². The minimum atomic E-state index is -4.01. The molecule has 1 N–H and O–H groups in total. The molecular formula is C23H19ClN2O6S. The molecule has 0 unspecified atom stereocenters. The molecule has 0 saturated heterocycles. The summed E-state index contributed by atoms with van der Waals surface area (Å²) in [6, 6.07) is 15.1. The quantitative estimate of drug-likeness (QED) is 0.312. The van der Waals surface area contributed by atoms with Crippen molar-refractivity contribution in [3.63, 3.8) is 0 Å². The van der Waals surface area contributed by atoms with Crippen LogP contribution in [-0.4, -0.2) is 45.9 Å². The van der Waals surface area contributed by atoms with Crippen molar-refractivity contribution in [1.29, 1.82) is 0 Å². The van der Waals surface area contributed by atoms with Crippen molar-refractivity contribution in [2.45, 2.75) is 4.90 Å². The summed E-state index contributed by atoms with van der Waals surface area (Å²) in [5.41, 5.74) is 1.95. The van der Waals surface area contributed by atoms with Crippen LogP contribution >= 0.6 is 10.7 Å². The van der Waals surface area contributed by atoms with Gasteiger partial charge in [-0.3, -0.25) is 5.10 Å². The Bertz CT molecular complexity index is 1460. The number of carbonyl (C=O) groups is 1. The van der Waals surface area contributed by atoms with Crippen LogP contribution in [0.4, 0.5) is 0 Å². The Labute approximate surface area is 194 Å². The SMILES string of the molecule is COC(=O)c1n[nH]c(-c2c(OC)cccc2OC)c1-c1ccc(S(=O)(=O)Cl)c2ccccc12. The van der Waals surface area contributed by atoms with Crippen molar-refractivity contribution in [3.8, 4) is 33.9 Å². The Morgan fingerprint density at radius 2 is 1.52 bits per heavy atom. The van der Waals surface area contributed by atoms with Crippen molar-refractivity contribution >= 4 is 36.5 Å². The number of carbonyl (C=O) groups excluding carboxylic acids is 1. The van der Waals surface area contributed by atoms with E-state index in [-0.39, 0.29) is 10.6 Å². The molecule has 0 bridgehead atoms. The highest BCUT2D eigenvalue weighted by molar-refractivity contribution is 8.14. The van der Waals surface area contributed by atoms with E-state index in [1.165, 1.54) is 27.4 Å². The first kappa shape index (κ1) is 22.6. The van der Waals surface area contributed by atoms with Crippen LogP contribution in [0.15, 0.2) is 59.5 Å². The van der Waals surface area contributed by atoms with Crippen molar-refractivity contribution in [2.24, 2.45) is 0 Å².